The number of hydrogen-bond acceptors (Lipinski definition) is 4. The van der Waals surface area contributed by atoms with Gasteiger partial charge >= 0.3 is 0 Å². The summed E-state index contributed by atoms with van der Waals surface area (Å²) in [6.45, 7) is 0.499. The largest absolute Gasteiger partial charge is 0.493 e. The zero-order valence-corrected chi connectivity index (χ0v) is 10.8. The standard InChI is InChI=1S/C11H14BrNO3/c1-15-10-7(6-14)5-9(12)8(3-4-13)11(10)16-2/h5-6H,3-4,13H2,1-2H3. The molecular weight excluding hydrogens is 274 g/mol. The van der Waals surface area contributed by atoms with Gasteiger partial charge in [-0.2, -0.15) is 0 Å². The average Bonchev–Trinajstić information content (AvgIpc) is 2.30. The molecule has 1 aromatic carbocycles. The van der Waals surface area contributed by atoms with Crippen molar-refractivity contribution >= 4 is 22.2 Å². The highest BCUT2D eigenvalue weighted by molar-refractivity contribution is 9.10. The van der Waals surface area contributed by atoms with Gasteiger partial charge in [0.25, 0.3) is 0 Å². The Morgan fingerprint density at radius 2 is 2.00 bits per heavy atom. The summed E-state index contributed by atoms with van der Waals surface area (Å²) in [4.78, 5) is 10.9. The number of nitrogens with two attached hydrogens (primary N) is 1. The predicted molar refractivity (Wildman–Crippen MR) is 65.4 cm³/mol. The highest BCUT2D eigenvalue weighted by Gasteiger charge is 2.17. The number of methoxy groups -OCH3 is 2. The molecule has 1 aromatic rings. The monoisotopic (exact) mass is 287 g/mol. The third-order valence-corrected chi connectivity index (χ3v) is 2.95. The fraction of sp³-hybridized carbons (Fsp3) is 0.364. The van der Waals surface area contributed by atoms with E-state index in [0.29, 0.717) is 30.0 Å². The van der Waals surface area contributed by atoms with Gasteiger partial charge in [-0.3, -0.25) is 4.79 Å². The molecule has 4 nitrogen and oxygen atoms in total. The Balaban J connectivity index is 3.44. The Labute approximate surface area is 103 Å². The van der Waals surface area contributed by atoms with E-state index in [-0.39, 0.29) is 0 Å². The lowest BCUT2D eigenvalue weighted by Crippen LogP contribution is -2.07. The van der Waals surface area contributed by atoms with Gasteiger partial charge in [-0.05, 0) is 19.0 Å². The van der Waals surface area contributed by atoms with Crippen LogP contribution in [0.2, 0.25) is 0 Å². The molecule has 0 heterocycles. The number of carbonyl (C=O) groups is 1. The summed E-state index contributed by atoms with van der Waals surface area (Å²) in [7, 11) is 3.05. The number of benzene rings is 1. The third-order valence-electron chi connectivity index (χ3n) is 2.24. The summed E-state index contributed by atoms with van der Waals surface area (Å²) in [6.07, 6.45) is 1.39. The fourth-order valence-corrected chi connectivity index (χ4v) is 2.18. The van der Waals surface area contributed by atoms with Crippen LogP contribution in [0.5, 0.6) is 11.5 Å². The molecule has 0 bridgehead atoms. The van der Waals surface area contributed by atoms with E-state index in [9.17, 15) is 4.79 Å². The number of hydrogen-bond donors (Lipinski definition) is 1. The molecule has 1 rings (SSSR count). The Morgan fingerprint density at radius 3 is 2.44 bits per heavy atom. The van der Waals surface area contributed by atoms with Crippen molar-refractivity contribution in [3.8, 4) is 11.5 Å². The molecular formula is C11H14BrNO3. The number of halogens is 1. The summed E-state index contributed by atoms with van der Waals surface area (Å²) in [6, 6.07) is 1.71. The van der Waals surface area contributed by atoms with Gasteiger partial charge in [0, 0.05) is 10.0 Å². The maximum absolute atomic E-state index is 10.9. The zero-order chi connectivity index (χ0) is 12.1. The highest BCUT2D eigenvalue weighted by atomic mass is 79.9. The van der Waals surface area contributed by atoms with Crippen LogP contribution in [0.15, 0.2) is 10.5 Å². The van der Waals surface area contributed by atoms with Gasteiger partial charge < -0.3 is 15.2 Å². The Kier molecular flexibility index (Phi) is 4.76. The summed E-state index contributed by atoms with van der Waals surface area (Å²) in [5, 5.41) is 0. The maximum Gasteiger partial charge on any atom is 0.171 e. The molecule has 0 aliphatic heterocycles. The van der Waals surface area contributed by atoms with E-state index in [4.69, 9.17) is 15.2 Å². The molecule has 0 saturated heterocycles. The fourth-order valence-electron chi connectivity index (χ4n) is 1.56. The molecule has 0 aliphatic carbocycles. The van der Waals surface area contributed by atoms with Gasteiger partial charge in [-0.25, -0.2) is 0 Å². The Morgan fingerprint density at radius 1 is 1.38 bits per heavy atom. The lowest BCUT2D eigenvalue weighted by molar-refractivity contribution is 0.112. The number of rotatable bonds is 5. The quantitative estimate of drug-likeness (QED) is 0.839. The van der Waals surface area contributed by atoms with Crippen LogP contribution in [-0.4, -0.2) is 27.1 Å². The minimum atomic E-state index is 0.448. The minimum Gasteiger partial charge on any atom is -0.493 e. The van der Waals surface area contributed by atoms with Crippen molar-refractivity contribution in [2.24, 2.45) is 5.73 Å². The van der Waals surface area contributed by atoms with Gasteiger partial charge in [0.1, 0.15) is 0 Å². The van der Waals surface area contributed by atoms with Gasteiger partial charge in [0.2, 0.25) is 0 Å². The second-order valence-corrected chi connectivity index (χ2v) is 4.00. The molecule has 88 valence electrons. The lowest BCUT2D eigenvalue weighted by atomic mass is 10.1. The second-order valence-electron chi connectivity index (χ2n) is 3.15. The number of aldehydes is 1. The van der Waals surface area contributed by atoms with Crippen molar-refractivity contribution in [1.82, 2.24) is 0 Å². The van der Waals surface area contributed by atoms with Gasteiger partial charge in [-0.15, -0.1) is 0 Å². The van der Waals surface area contributed by atoms with E-state index in [2.05, 4.69) is 15.9 Å². The summed E-state index contributed by atoms with van der Waals surface area (Å²) in [5.74, 6) is 1.01. The SMILES string of the molecule is COc1c(C=O)cc(Br)c(CCN)c1OC. The number of ether oxygens (including phenoxy) is 2. The van der Waals surface area contributed by atoms with Crippen LogP contribution in [0.1, 0.15) is 15.9 Å². The van der Waals surface area contributed by atoms with Gasteiger partial charge in [0.15, 0.2) is 17.8 Å². The van der Waals surface area contributed by atoms with E-state index in [0.717, 1.165) is 16.3 Å². The van der Waals surface area contributed by atoms with E-state index < -0.39 is 0 Å². The van der Waals surface area contributed by atoms with Crippen LogP contribution in [0.3, 0.4) is 0 Å². The topological polar surface area (TPSA) is 61.5 Å². The summed E-state index contributed by atoms with van der Waals surface area (Å²) in [5.41, 5.74) is 6.89. The summed E-state index contributed by atoms with van der Waals surface area (Å²) >= 11 is 3.39. The van der Waals surface area contributed by atoms with E-state index >= 15 is 0 Å². The minimum absolute atomic E-state index is 0.448. The molecule has 0 amide bonds. The predicted octanol–water partition coefficient (Wildman–Crippen LogP) is 1.78. The van der Waals surface area contributed by atoms with Crippen molar-refractivity contribution in [3.05, 3.63) is 21.7 Å². The molecule has 16 heavy (non-hydrogen) atoms. The van der Waals surface area contributed by atoms with E-state index in [1.807, 2.05) is 0 Å². The van der Waals surface area contributed by atoms with Crippen LogP contribution in [0, 0.1) is 0 Å². The van der Waals surface area contributed by atoms with Gasteiger partial charge in [0.05, 0.1) is 19.8 Å². The molecule has 0 saturated carbocycles. The molecule has 2 N–H and O–H groups in total. The first-order valence-corrected chi connectivity index (χ1v) is 5.57. The molecule has 0 spiro atoms. The highest BCUT2D eigenvalue weighted by Crippen LogP contribution is 2.38. The zero-order valence-electron chi connectivity index (χ0n) is 9.25. The van der Waals surface area contributed by atoms with Crippen LogP contribution >= 0.6 is 15.9 Å². The molecule has 0 aromatic heterocycles. The van der Waals surface area contributed by atoms with Crippen LogP contribution in [0.4, 0.5) is 0 Å². The Hall–Kier alpha value is -1.07. The van der Waals surface area contributed by atoms with Crippen LogP contribution < -0.4 is 15.2 Å². The number of carbonyl (C=O) groups excluding carboxylic acids is 1. The summed E-state index contributed by atoms with van der Waals surface area (Å²) < 4.78 is 11.3. The molecule has 5 heteroatoms. The van der Waals surface area contributed by atoms with Crippen molar-refractivity contribution in [3.63, 3.8) is 0 Å². The maximum atomic E-state index is 10.9. The molecule has 0 fully saturated rings. The normalized spacial score (nSPS) is 10.0. The third kappa shape index (κ3) is 2.36. The van der Waals surface area contributed by atoms with Crippen molar-refractivity contribution in [2.45, 2.75) is 6.42 Å². The first kappa shape index (κ1) is 13.0. The Bertz CT molecular complexity index is 393. The van der Waals surface area contributed by atoms with Crippen LogP contribution in [0.25, 0.3) is 0 Å². The van der Waals surface area contributed by atoms with E-state index in [1.165, 1.54) is 7.11 Å². The van der Waals surface area contributed by atoms with Crippen molar-refractivity contribution in [2.75, 3.05) is 20.8 Å². The second kappa shape index (κ2) is 5.86. The average molecular weight is 288 g/mol. The molecule has 0 aliphatic rings. The first-order valence-electron chi connectivity index (χ1n) is 4.78. The van der Waals surface area contributed by atoms with Crippen LogP contribution in [-0.2, 0) is 6.42 Å². The van der Waals surface area contributed by atoms with Crippen molar-refractivity contribution < 1.29 is 14.3 Å². The van der Waals surface area contributed by atoms with Crippen molar-refractivity contribution in [1.29, 1.82) is 0 Å². The first-order chi connectivity index (χ1) is 7.69. The molecule has 0 atom stereocenters. The molecule has 0 radical (unpaired) electrons. The van der Waals surface area contributed by atoms with Gasteiger partial charge in [-0.1, -0.05) is 15.9 Å². The smallest absolute Gasteiger partial charge is 0.171 e. The van der Waals surface area contributed by atoms with E-state index in [1.54, 1.807) is 13.2 Å². The lowest BCUT2D eigenvalue weighted by Gasteiger charge is -2.15. The molecule has 0 unspecified atom stereocenters.